The molecular formula is C20H17FN4O2. The first kappa shape index (κ1) is 17.1. The van der Waals surface area contributed by atoms with Crippen molar-refractivity contribution in [2.24, 2.45) is 0 Å². The maximum atomic E-state index is 13.9. The van der Waals surface area contributed by atoms with E-state index in [4.69, 9.17) is 5.73 Å². The number of pyridine rings is 1. The van der Waals surface area contributed by atoms with Gasteiger partial charge in [-0.15, -0.1) is 0 Å². The number of rotatable bonds is 2. The average Bonchev–Trinajstić information content (AvgIpc) is 2.60. The van der Waals surface area contributed by atoms with Crippen molar-refractivity contribution in [3.05, 3.63) is 75.1 Å². The van der Waals surface area contributed by atoms with Crippen LogP contribution in [0.4, 0.5) is 10.3 Å². The third-order valence-corrected chi connectivity index (χ3v) is 4.85. The fourth-order valence-electron chi connectivity index (χ4n) is 3.74. The molecule has 0 radical (unpaired) electrons. The lowest BCUT2D eigenvalue weighted by Crippen LogP contribution is -2.23. The molecule has 0 saturated carbocycles. The summed E-state index contributed by atoms with van der Waals surface area (Å²) in [5, 5.41) is 0. The van der Waals surface area contributed by atoms with Crippen LogP contribution in [0.25, 0.3) is 11.3 Å². The van der Waals surface area contributed by atoms with E-state index in [-0.39, 0.29) is 29.6 Å². The number of hydrogen-bond donors (Lipinski definition) is 2. The number of nitrogens with zero attached hydrogens (tertiary/aromatic N) is 2. The molecule has 1 aliphatic carbocycles. The van der Waals surface area contributed by atoms with Crippen LogP contribution in [0.1, 0.15) is 39.6 Å². The second-order valence-electron chi connectivity index (χ2n) is 6.68. The van der Waals surface area contributed by atoms with Crippen molar-refractivity contribution in [1.82, 2.24) is 15.0 Å². The minimum atomic E-state index is -0.414. The number of fused-ring (bicyclic) bond motifs is 1. The van der Waals surface area contributed by atoms with Gasteiger partial charge in [-0.1, -0.05) is 12.1 Å². The predicted octanol–water partition coefficient (Wildman–Crippen LogP) is 2.77. The van der Waals surface area contributed by atoms with Crippen LogP contribution in [0.3, 0.4) is 0 Å². The summed E-state index contributed by atoms with van der Waals surface area (Å²) in [6, 6.07) is 9.12. The number of carbonyl (C=O) groups is 1. The van der Waals surface area contributed by atoms with E-state index < -0.39 is 5.82 Å². The Morgan fingerprint density at radius 2 is 1.96 bits per heavy atom. The Morgan fingerprint density at radius 3 is 2.74 bits per heavy atom. The minimum Gasteiger partial charge on any atom is -0.368 e. The Morgan fingerprint density at radius 1 is 1.15 bits per heavy atom. The van der Waals surface area contributed by atoms with E-state index in [1.54, 1.807) is 25.1 Å². The van der Waals surface area contributed by atoms with Crippen LogP contribution < -0.4 is 11.3 Å². The molecule has 0 fully saturated rings. The number of aromatic nitrogens is 3. The van der Waals surface area contributed by atoms with Crippen LogP contribution in [-0.2, 0) is 6.42 Å². The maximum Gasteiger partial charge on any atom is 0.248 e. The first-order valence-electron chi connectivity index (χ1n) is 8.57. The van der Waals surface area contributed by atoms with Gasteiger partial charge in [-0.3, -0.25) is 9.59 Å². The van der Waals surface area contributed by atoms with E-state index in [2.05, 4.69) is 15.0 Å². The molecule has 3 aromatic rings. The van der Waals surface area contributed by atoms with E-state index in [1.165, 1.54) is 18.2 Å². The van der Waals surface area contributed by atoms with Gasteiger partial charge in [-0.2, -0.15) is 0 Å². The van der Waals surface area contributed by atoms with E-state index in [1.807, 2.05) is 0 Å². The molecule has 1 aromatic carbocycles. The summed E-state index contributed by atoms with van der Waals surface area (Å²) in [6.45, 7) is 1.74. The number of aryl methyl sites for hydroxylation is 1. The first-order valence-corrected chi connectivity index (χ1v) is 8.57. The van der Waals surface area contributed by atoms with Gasteiger partial charge in [-0.05, 0) is 43.0 Å². The molecule has 0 bridgehead atoms. The molecule has 0 unspecified atom stereocenters. The molecule has 7 heteroatoms. The lowest BCUT2D eigenvalue weighted by atomic mass is 9.79. The SMILES string of the molecule is Cc1nc(N)nc2c1C(=O)C[C@H](c1ccc(F)cc1-c1cccc(=O)[nH]1)C2. The van der Waals surface area contributed by atoms with Crippen LogP contribution in [0, 0.1) is 12.7 Å². The molecule has 0 spiro atoms. The summed E-state index contributed by atoms with van der Waals surface area (Å²) >= 11 is 0. The third kappa shape index (κ3) is 3.12. The Hall–Kier alpha value is -3.35. The maximum absolute atomic E-state index is 13.9. The van der Waals surface area contributed by atoms with Crippen LogP contribution in [0.2, 0.25) is 0 Å². The molecule has 2 aromatic heterocycles. The Bertz CT molecular complexity index is 1120. The van der Waals surface area contributed by atoms with E-state index >= 15 is 0 Å². The van der Waals surface area contributed by atoms with Crippen LogP contribution >= 0.6 is 0 Å². The molecule has 4 rings (SSSR count). The molecule has 6 nitrogen and oxygen atoms in total. The molecule has 136 valence electrons. The van der Waals surface area contributed by atoms with Gasteiger partial charge in [0.1, 0.15) is 5.82 Å². The number of H-pyrrole nitrogens is 1. The van der Waals surface area contributed by atoms with Crippen LogP contribution in [0.5, 0.6) is 0 Å². The number of ketones is 1. The van der Waals surface area contributed by atoms with Crippen molar-refractivity contribution in [2.75, 3.05) is 5.73 Å². The Balaban J connectivity index is 1.83. The third-order valence-electron chi connectivity index (χ3n) is 4.85. The average molecular weight is 364 g/mol. The van der Waals surface area contributed by atoms with Crippen LogP contribution in [0.15, 0.2) is 41.2 Å². The van der Waals surface area contributed by atoms with Gasteiger partial charge >= 0.3 is 0 Å². The standard InChI is InChI=1S/C20H17FN4O2/c1-10-19-16(25-20(22)23-10)7-11(8-17(19)26)13-6-5-12(21)9-14(13)15-3-2-4-18(27)24-15/h2-6,9,11H,7-8H2,1H3,(H,24,27)(H2,22,23,25)/t11-/m1/s1. The molecule has 0 saturated heterocycles. The number of halogens is 1. The smallest absolute Gasteiger partial charge is 0.248 e. The number of nitrogens with two attached hydrogens (primary N) is 1. The first-order chi connectivity index (χ1) is 12.9. The topological polar surface area (TPSA) is 102 Å². The number of anilines is 1. The zero-order valence-electron chi connectivity index (χ0n) is 14.6. The normalized spacial score (nSPS) is 16.2. The highest BCUT2D eigenvalue weighted by atomic mass is 19.1. The van der Waals surface area contributed by atoms with Crippen molar-refractivity contribution >= 4 is 11.7 Å². The van der Waals surface area contributed by atoms with E-state index in [9.17, 15) is 14.0 Å². The molecule has 1 aliphatic rings. The van der Waals surface area contributed by atoms with Gasteiger partial charge in [0, 0.05) is 23.7 Å². The van der Waals surface area contributed by atoms with Crippen molar-refractivity contribution in [1.29, 1.82) is 0 Å². The quantitative estimate of drug-likeness (QED) is 0.728. The van der Waals surface area contributed by atoms with Gasteiger partial charge in [0.05, 0.1) is 17.0 Å². The molecule has 0 amide bonds. The second kappa shape index (κ2) is 6.42. The molecular weight excluding hydrogens is 347 g/mol. The summed E-state index contributed by atoms with van der Waals surface area (Å²) < 4.78 is 13.9. The van der Waals surface area contributed by atoms with Gasteiger partial charge in [0.2, 0.25) is 11.5 Å². The van der Waals surface area contributed by atoms with Gasteiger partial charge in [-0.25, -0.2) is 14.4 Å². The Labute approximate surface area is 154 Å². The molecule has 2 heterocycles. The predicted molar refractivity (Wildman–Crippen MR) is 99.0 cm³/mol. The van der Waals surface area contributed by atoms with E-state index in [0.29, 0.717) is 34.6 Å². The molecule has 27 heavy (non-hydrogen) atoms. The second-order valence-corrected chi connectivity index (χ2v) is 6.68. The zero-order chi connectivity index (χ0) is 19.1. The fraction of sp³-hybridized carbons (Fsp3) is 0.200. The molecule has 0 aliphatic heterocycles. The summed E-state index contributed by atoms with van der Waals surface area (Å²) in [5.41, 5.74) is 9.04. The summed E-state index contributed by atoms with van der Waals surface area (Å²) in [4.78, 5) is 35.5. The number of nitrogens with one attached hydrogen (secondary N) is 1. The highest BCUT2D eigenvalue weighted by Crippen LogP contribution is 2.37. The van der Waals surface area contributed by atoms with Crippen molar-refractivity contribution in [3.8, 4) is 11.3 Å². The monoisotopic (exact) mass is 364 g/mol. The van der Waals surface area contributed by atoms with Crippen molar-refractivity contribution in [2.45, 2.75) is 25.7 Å². The van der Waals surface area contributed by atoms with Gasteiger partial charge in [0.25, 0.3) is 0 Å². The number of hydrogen-bond acceptors (Lipinski definition) is 5. The fourth-order valence-corrected chi connectivity index (χ4v) is 3.74. The lowest BCUT2D eigenvalue weighted by Gasteiger charge is -2.26. The minimum absolute atomic E-state index is 0.0596. The number of benzene rings is 1. The lowest BCUT2D eigenvalue weighted by molar-refractivity contribution is 0.0962. The summed E-state index contributed by atoms with van der Waals surface area (Å²) in [5.74, 6) is -0.539. The van der Waals surface area contributed by atoms with E-state index in [0.717, 1.165) is 5.56 Å². The van der Waals surface area contributed by atoms with Crippen molar-refractivity contribution < 1.29 is 9.18 Å². The highest BCUT2D eigenvalue weighted by Gasteiger charge is 2.31. The Kier molecular flexibility index (Phi) is 4.07. The number of nitrogen functional groups attached to an aromatic ring is 1. The largest absolute Gasteiger partial charge is 0.368 e. The van der Waals surface area contributed by atoms with Gasteiger partial charge < -0.3 is 10.7 Å². The van der Waals surface area contributed by atoms with Crippen molar-refractivity contribution in [3.63, 3.8) is 0 Å². The van der Waals surface area contributed by atoms with Gasteiger partial charge in [0.15, 0.2) is 5.78 Å². The summed E-state index contributed by atoms with van der Waals surface area (Å²) in [6.07, 6.45) is 0.751. The molecule has 1 atom stereocenters. The highest BCUT2D eigenvalue weighted by molar-refractivity contribution is 6.00. The molecule has 3 N–H and O–H groups in total. The number of aromatic amines is 1. The number of carbonyl (C=O) groups excluding carboxylic acids is 1. The zero-order valence-corrected chi connectivity index (χ0v) is 14.6. The van der Waals surface area contributed by atoms with Crippen LogP contribution in [-0.4, -0.2) is 20.7 Å². The summed E-state index contributed by atoms with van der Waals surface area (Å²) in [7, 11) is 0. The number of Topliss-reactive ketones (excluding diaryl/α,β-unsaturated/α-hetero) is 1.